The molecule has 0 saturated carbocycles. The summed E-state index contributed by atoms with van der Waals surface area (Å²) in [4.78, 5) is 0. The van der Waals surface area contributed by atoms with Crippen LogP contribution in [0.3, 0.4) is 0 Å². The van der Waals surface area contributed by atoms with E-state index in [0.29, 0.717) is 19.0 Å². The number of benzene rings is 1. The van der Waals surface area contributed by atoms with Gasteiger partial charge in [-0.25, -0.2) is 0 Å². The van der Waals surface area contributed by atoms with E-state index in [-0.39, 0.29) is 0 Å². The van der Waals surface area contributed by atoms with Crippen molar-refractivity contribution in [3.8, 4) is 5.75 Å². The summed E-state index contributed by atoms with van der Waals surface area (Å²) in [5.41, 5.74) is 1.91. The Morgan fingerprint density at radius 1 is 1.29 bits per heavy atom. The van der Waals surface area contributed by atoms with Crippen LogP contribution in [-0.2, 0) is 24.5 Å². The van der Waals surface area contributed by atoms with E-state index in [9.17, 15) is 0 Å². The third kappa shape index (κ3) is 4.84. The van der Waals surface area contributed by atoms with Gasteiger partial charge in [0.05, 0.1) is 0 Å². The molecule has 114 valence electrons. The molecule has 0 aliphatic rings. The normalized spacial score (nSPS) is 10.8. The minimum absolute atomic E-state index is 0.371. The van der Waals surface area contributed by atoms with Crippen LogP contribution in [0.25, 0.3) is 0 Å². The predicted molar refractivity (Wildman–Crippen MR) is 83.1 cm³/mol. The van der Waals surface area contributed by atoms with Gasteiger partial charge in [-0.05, 0) is 30.3 Å². The average Bonchev–Trinajstić information content (AvgIpc) is 2.93. The molecule has 5 nitrogen and oxygen atoms in total. The summed E-state index contributed by atoms with van der Waals surface area (Å²) in [7, 11) is 1.62. The Hall–Kier alpha value is -1.37. The molecule has 1 heterocycles. The molecule has 0 aliphatic heterocycles. The smallest absolute Gasteiger partial charge is 0.162 e. The topological polar surface area (TPSA) is 56.5 Å². The number of methoxy groups -OCH3 is 1. The van der Waals surface area contributed by atoms with Crippen molar-refractivity contribution in [2.24, 2.45) is 0 Å². The lowest BCUT2D eigenvalue weighted by Crippen LogP contribution is -2.12. The van der Waals surface area contributed by atoms with Crippen LogP contribution in [0.5, 0.6) is 5.75 Å². The molecule has 0 radical (unpaired) electrons. The summed E-state index contributed by atoms with van der Waals surface area (Å²) in [5, 5.41) is 7.23. The van der Waals surface area contributed by atoms with Crippen LogP contribution >= 0.6 is 15.9 Å². The Morgan fingerprint density at radius 3 is 2.90 bits per heavy atom. The van der Waals surface area contributed by atoms with Gasteiger partial charge in [0, 0.05) is 24.2 Å². The van der Waals surface area contributed by atoms with E-state index in [1.165, 1.54) is 0 Å². The molecule has 0 fully saturated rings. The van der Waals surface area contributed by atoms with Crippen LogP contribution in [0, 0.1) is 0 Å². The summed E-state index contributed by atoms with van der Waals surface area (Å²) in [6.45, 7) is 4.60. The van der Waals surface area contributed by atoms with Gasteiger partial charge in [0.15, 0.2) is 5.76 Å². The molecule has 6 heteroatoms. The first kappa shape index (κ1) is 16.0. The van der Waals surface area contributed by atoms with Crippen molar-refractivity contribution in [2.75, 3.05) is 13.7 Å². The van der Waals surface area contributed by atoms with Crippen molar-refractivity contribution in [1.82, 2.24) is 10.5 Å². The Kier molecular flexibility index (Phi) is 6.22. The van der Waals surface area contributed by atoms with E-state index in [1.807, 2.05) is 24.3 Å². The van der Waals surface area contributed by atoms with Crippen LogP contribution in [0.1, 0.15) is 23.9 Å². The molecule has 0 aliphatic carbocycles. The Balaban J connectivity index is 1.95. The zero-order valence-corrected chi connectivity index (χ0v) is 13.8. The van der Waals surface area contributed by atoms with E-state index < -0.39 is 0 Å². The van der Waals surface area contributed by atoms with E-state index in [1.54, 1.807) is 7.11 Å². The molecular weight excluding hydrogens is 336 g/mol. The highest BCUT2D eigenvalue weighted by atomic mass is 79.9. The molecule has 0 amide bonds. The highest BCUT2D eigenvalue weighted by Gasteiger charge is 2.06. The van der Waals surface area contributed by atoms with Gasteiger partial charge in [-0.1, -0.05) is 28.0 Å². The van der Waals surface area contributed by atoms with Gasteiger partial charge in [0.1, 0.15) is 24.7 Å². The molecule has 1 aromatic carbocycles. The number of aromatic nitrogens is 1. The molecule has 1 aromatic heterocycles. The van der Waals surface area contributed by atoms with Gasteiger partial charge < -0.3 is 19.3 Å². The molecule has 0 atom stereocenters. The van der Waals surface area contributed by atoms with Crippen molar-refractivity contribution < 1.29 is 14.0 Å². The Bertz CT molecular complexity index is 572. The van der Waals surface area contributed by atoms with Gasteiger partial charge in [-0.15, -0.1) is 0 Å². The predicted octanol–water partition coefficient (Wildman–Crippen LogP) is 3.27. The number of halogens is 1. The lowest BCUT2D eigenvalue weighted by Gasteiger charge is -2.09. The molecule has 1 N–H and O–H groups in total. The monoisotopic (exact) mass is 354 g/mol. The third-order valence-corrected chi connectivity index (χ3v) is 3.64. The molecule has 0 saturated heterocycles. The minimum atomic E-state index is 0.371. The number of ether oxygens (including phenoxy) is 2. The highest BCUT2D eigenvalue weighted by molar-refractivity contribution is 9.10. The Morgan fingerprint density at radius 2 is 2.14 bits per heavy atom. The minimum Gasteiger partial charge on any atom is -0.487 e. The lowest BCUT2D eigenvalue weighted by molar-refractivity contribution is 0.155. The van der Waals surface area contributed by atoms with Gasteiger partial charge in [-0.3, -0.25) is 0 Å². The molecule has 0 bridgehead atoms. The SMILES string of the molecule is CCNCc1cc(OCc2cc(COC)on2)ccc1Br. The quantitative estimate of drug-likeness (QED) is 0.788. The maximum atomic E-state index is 5.75. The second kappa shape index (κ2) is 8.17. The number of rotatable bonds is 8. The van der Waals surface area contributed by atoms with E-state index in [4.69, 9.17) is 14.0 Å². The maximum Gasteiger partial charge on any atom is 0.162 e. The zero-order valence-electron chi connectivity index (χ0n) is 12.2. The van der Waals surface area contributed by atoms with Crippen molar-refractivity contribution in [1.29, 1.82) is 0 Å². The lowest BCUT2D eigenvalue weighted by atomic mass is 10.2. The van der Waals surface area contributed by atoms with Crippen molar-refractivity contribution in [2.45, 2.75) is 26.7 Å². The fraction of sp³-hybridized carbons (Fsp3) is 0.400. The highest BCUT2D eigenvalue weighted by Crippen LogP contribution is 2.23. The first-order valence-corrected chi connectivity index (χ1v) is 7.57. The van der Waals surface area contributed by atoms with Crippen LogP contribution < -0.4 is 10.1 Å². The van der Waals surface area contributed by atoms with Crippen LogP contribution in [-0.4, -0.2) is 18.8 Å². The summed E-state index contributed by atoms with van der Waals surface area (Å²) in [5.74, 6) is 1.50. The van der Waals surface area contributed by atoms with Crippen LogP contribution in [0.2, 0.25) is 0 Å². The van der Waals surface area contributed by atoms with Gasteiger partial charge >= 0.3 is 0 Å². The second-order valence-electron chi connectivity index (χ2n) is 4.54. The number of nitrogens with one attached hydrogen (secondary N) is 1. The largest absolute Gasteiger partial charge is 0.487 e. The van der Waals surface area contributed by atoms with E-state index in [2.05, 4.69) is 33.3 Å². The van der Waals surface area contributed by atoms with Crippen molar-refractivity contribution in [3.63, 3.8) is 0 Å². The van der Waals surface area contributed by atoms with Crippen LogP contribution in [0.4, 0.5) is 0 Å². The summed E-state index contributed by atoms with van der Waals surface area (Å²) >= 11 is 3.54. The second-order valence-corrected chi connectivity index (χ2v) is 5.39. The van der Waals surface area contributed by atoms with Crippen molar-refractivity contribution in [3.05, 3.63) is 45.8 Å². The summed E-state index contributed by atoms with van der Waals surface area (Å²) in [6, 6.07) is 7.77. The molecule has 21 heavy (non-hydrogen) atoms. The number of hydrogen-bond acceptors (Lipinski definition) is 5. The average molecular weight is 355 g/mol. The molecule has 0 unspecified atom stereocenters. The summed E-state index contributed by atoms with van der Waals surface area (Å²) in [6.07, 6.45) is 0. The maximum absolute atomic E-state index is 5.75. The van der Waals surface area contributed by atoms with Gasteiger partial charge in [0.2, 0.25) is 0 Å². The summed E-state index contributed by atoms with van der Waals surface area (Å²) < 4.78 is 16.9. The number of hydrogen-bond donors (Lipinski definition) is 1. The molecule has 2 rings (SSSR count). The van der Waals surface area contributed by atoms with E-state index in [0.717, 1.165) is 34.6 Å². The van der Waals surface area contributed by atoms with Gasteiger partial charge in [-0.2, -0.15) is 0 Å². The first-order chi connectivity index (χ1) is 10.2. The fourth-order valence-electron chi connectivity index (χ4n) is 1.83. The van der Waals surface area contributed by atoms with Gasteiger partial charge in [0.25, 0.3) is 0 Å². The molecule has 0 spiro atoms. The first-order valence-electron chi connectivity index (χ1n) is 6.78. The zero-order chi connectivity index (χ0) is 15.1. The number of nitrogens with zero attached hydrogens (tertiary/aromatic N) is 1. The molecule has 2 aromatic rings. The van der Waals surface area contributed by atoms with E-state index >= 15 is 0 Å². The van der Waals surface area contributed by atoms with Crippen LogP contribution in [0.15, 0.2) is 33.3 Å². The Labute approximate surface area is 132 Å². The molecular formula is C15H19BrN2O3. The standard InChI is InChI=1S/C15H19BrN2O3/c1-3-17-8-11-6-13(4-5-15(11)16)20-9-12-7-14(10-19-2)21-18-12/h4-7,17H,3,8-10H2,1-2H3. The third-order valence-electron chi connectivity index (χ3n) is 2.86. The van der Waals surface area contributed by atoms with Crippen molar-refractivity contribution >= 4 is 15.9 Å². The fourth-order valence-corrected chi connectivity index (χ4v) is 2.21.